The lowest BCUT2D eigenvalue weighted by Gasteiger charge is -2.08. The number of hydrogen-bond donors (Lipinski definition) is 1. The summed E-state index contributed by atoms with van der Waals surface area (Å²) in [6.45, 7) is 0. The van der Waals surface area contributed by atoms with Crippen molar-refractivity contribution in [2.24, 2.45) is 0 Å². The molecule has 0 heterocycles. The summed E-state index contributed by atoms with van der Waals surface area (Å²) in [5, 5.41) is 8.88. The van der Waals surface area contributed by atoms with Crippen molar-refractivity contribution in [3.8, 4) is 5.75 Å². The van der Waals surface area contributed by atoms with Crippen LogP contribution in [0.15, 0.2) is 53.4 Å². The lowest BCUT2D eigenvalue weighted by Crippen LogP contribution is -2.11. The third-order valence-corrected chi connectivity index (χ3v) is 3.98. The minimum Gasteiger partial charge on any atom is -0.478 e. The zero-order valence-electron chi connectivity index (χ0n) is 9.99. The van der Waals surface area contributed by atoms with E-state index in [2.05, 4.69) is 0 Å². The molecule has 0 unspecified atom stereocenters. The predicted octanol–water partition coefficient (Wildman–Crippen LogP) is 2.81. The molecule has 2 rings (SSSR count). The van der Waals surface area contributed by atoms with Crippen LogP contribution >= 0.6 is 11.6 Å². The number of rotatable bonds is 4. The monoisotopic (exact) mass is 312 g/mol. The van der Waals surface area contributed by atoms with Crippen molar-refractivity contribution in [1.82, 2.24) is 0 Å². The molecule has 0 amide bonds. The molecule has 104 valence electrons. The van der Waals surface area contributed by atoms with Gasteiger partial charge in [0.2, 0.25) is 0 Å². The van der Waals surface area contributed by atoms with E-state index in [4.69, 9.17) is 20.9 Å². The third kappa shape index (κ3) is 3.09. The highest BCUT2D eigenvalue weighted by molar-refractivity contribution is 7.87. The van der Waals surface area contributed by atoms with E-state index in [1.54, 1.807) is 18.2 Å². The Morgan fingerprint density at radius 2 is 1.75 bits per heavy atom. The van der Waals surface area contributed by atoms with E-state index in [1.807, 2.05) is 0 Å². The molecule has 5 nitrogen and oxygen atoms in total. The number of benzene rings is 2. The van der Waals surface area contributed by atoms with Gasteiger partial charge in [0.1, 0.15) is 10.6 Å². The Morgan fingerprint density at radius 3 is 2.35 bits per heavy atom. The first-order chi connectivity index (χ1) is 9.40. The van der Waals surface area contributed by atoms with Crippen molar-refractivity contribution in [2.45, 2.75) is 4.90 Å². The van der Waals surface area contributed by atoms with Gasteiger partial charge in [-0.3, -0.25) is 0 Å². The van der Waals surface area contributed by atoms with Crippen molar-refractivity contribution in [3.63, 3.8) is 0 Å². The molecule has 0 aliphatic carbocycles. The van der Waals surface area contributed by atoms with Crippen molar-refractivity contribution < 1.29 is 22.5 Å². The molecule has 0 aliphatic heterocycles. The van der Waals surface area contributed by atoms with Crippen LogP contribution in [0.5, 0.6) is 5.75 Å². The van der Waals surface area contributed by atoms with Gasteiger partial charge in [-0.2, -0.15) is 8.42 Å². The van der Waals surface area contributed by atoms with Crippen molar-refractivity contribution in [1.29, 1.82) is 0 Å². The highest BCUT2D eigenvalue weighted by Crippen LogP contribution is 2.23. The van der Waals surface area contributed by atoms with Gasteiger partial charge in [0, 0.05) is 0 Å². The zero-order valence-corrected chi connectivity index (χ0v) is 11.6. The predicted molar refractivity (Wildman–Crippen MR) is 72.7 cm³/mol. The molecule has 7 heteroatoms. The van der Waals surface area contributed by atoms with Crippen molar-refractivity contribution >= 4 is 27.7 Å². The summed E-state index contributed by atoms with van der Waals surface area (Å²) in [6, 6.07) is 11.3. The molecular weight excluding hydrogens is 304 g/mol. The van der Waals surface area contributed by atoms with E-state index in [9.17, 15) is 13.2 Å². The van der Waals surface area contributed by atoms with Gasteiger partial charge >= 0.3 is 16.1 Å². The summed E-state index contributed by atoms with van der Waals surface area (Å²) >= 11 is 5.69. The lowest BCUT2D eigenvalue weighted by molar-refractivity contribution is 0.0697. The first kappa shape index (κ1) is 14.4. The summed E-state index contributed by atoms with van der Waals surface area (Å²) in [4.78, 5) is 10.7. The molecule has 0 aromatic heterocycles. The smallest absolute Gasteiger partial charge is 0.339 e. The zero-order chi connectivity index (χ0) is 14.8. The van der Waals surface area contributed by atoms with Crippen LogP contribution in [0.25, 0.3) is 0 Å². The van der Waals surface area contributed by atoms with E-state index in [0.29, 0.717) is 0 Å². The molecule has 0 atom stereocenters. The largest absolute Gasteiger partial charge is 0.478 e. The number of para-hydroxylation sites is 1. The van der Waals surface area contributed by atoms with Crippen LogP contribution in [0.4, 0.5) is 0 Å². The van der Waals surface area contributed by atoms with Gasteiger partial charge in [-0.25, -0.2) is 4.79 Å². The van der Waals surface area contributed by atoms with E-state index >= 15 is 0 Å². The number of carboxylic acid groups (broad SMARTS) is 1. The molecule has 0 fully saturated rings. The fourth-order valence-electron chi connectivity index (χ4n) is 1.47. The van der Waals surface area contributed by atoms with Crippen LogP contribution in [-0.4, -0.2) is 19.5 Å². The maximum atomic E-state index is 12.0. The van der Waals surface area contributed by atoms with Crippen molar-refractivity contribution in [2.75, 3.05) is 0 Å². The fraction of sp³-hybridized carbons (Fsp3) is 0. The SMILES string of the molecule is O=C(O)c1cc(S(=O)(=O)Oc2ccccc2)ccc1Cl. The maximum Gasteiger partial charge on any atom is 0.339 e. The van der Waals surface area contributed by atoms with Gasteiger partial charge in [0.05, 0.1) is 10.6 Å². The van der Waals surface area contributed by atoms with E-state index in [-0.39, 0.29) is 21.2 Å². The number of halogens is 1. The Labute approximate surface area is 120 Å². The molecule has 0 saturated heterocycles. The lowest BCUT2D eigenvalue weighted by atomic mass is 10.2. The summed E-state index contributed by atoms with van der Waals surface area (Å²) < 4.78 is 29.0. The Kier molecular flexibility index (Phi) is 3.96. The number of carbonyl (C=O) groups is 1. The van der Waals surface area contributed by atoms with Crippen LogP contribution < -0.4 is 4.18 Å². The van der Waals surface area contributed by atoms with E-state index in [0.717, 1.165) is 6.07 Å². The molecule has 0 bridgehead atoms. The van der Waals surface area contributed by atoms with Gasteiger partial charge in [-0.05, 0) is 30.3 Å². The first-order valence-electron chi connectivity index (χ1n) is 5.42. The van der Waals surface area contributed by atoms with Gasteiger partial charge in [0.15, 0.2) is 0 Å². The Hall–Kier alpha value is -2.05. The molecule has 20 heavy (non-hydrogen) atoms. The second kappa shape index (κ2) is 5.52. The first-order valence-corrected chi connectivity index (χ1v) is 7.21. The van der Waals surface area contributed by atoms with Crippen LogP contribution in [0.2, 0.25) is 5.02 Å². The number of aromatic carboxylic acids is 1. The summed E-state index contributed by atoms with van der Waals surface area (Å²) in [6.07, 6.45) is 0. The average molecular weight is 313 g/mol. The standard InChI is InChI=1S/C13H9ClO5S/c14-12-7-6-10(8-11(12)13(15)16)20(17,18)19-9-4-2-1-3-5-9/h1-8H,(H,15,16). The van der Waals surface area contributed by atoms with Gasteiger partial charge in [0.25, 0.3) is 0 Å². The average Bonchev–Trinajstić information content (AvgIpc) is 2.39. The summed E-state index contributed by atoms with van der Waals surface area (Å²) in [7, 11) is -4.11. The Morgan fingerprint density at radius 1 is 1.10 bits per heavy atom. The van der Waals surface area contributed by atoms with Gasteiger partial charge < -0.3 is 9.29 Å². The van der Waals surface area contributed by atoms with Crippen LogP contribution in [0, 0.1) is 0 Å². The second-order valence-electron chi connectivity index (χ2n) is 3.80. The van der Waals surface area contributed by atoms with E-state index < -0.39 is 16.1 Å². The summed E-state index contributed by atoms with van der Waals surface area (Å²) in [5.74, 6) is -1.17. The number of carboxylic acids is 1. The summed E-state index contributed by atoms with van der Waals surface area (Å²) in [5.41, 5.74) is -0.301. The van der Waals surface area contributed by atoms with E-state index in [1.165, 1.54) is 24.3 Å². The third-order valence-electron chi connectivity index (χ3n) is 2.41. The van der Waals surface area contributed by atoms with Crippen LogP contribution in [0.3, 0.4) is 0 Å². The molecule has 2 aromatic carbocycles. The number of hydrogen-bond acceptors (Lipinski definition) is 4. The maximum absolute atomic E-state index is 12.0. The minimum absolute atomic E-state index is 0.0452. The molecule has 0 aliphatic rings. The topological polar surface area (TPSA) is 80.7 Å². The fourth-order valence-corrected chi connectivity index (χ4v) is 2.63. The normalized spacial score (nSPS) is 11.1. The quantitative estimate of drug-likeness (QED) is 0.878. The molecule has 0 radical (unpaired) electrons. The highest BCUT2D eigenvalue weighted by Gasteiger charge is 2.20. The molecular formula is C13H9ClO5S. The Balaban J connectivity index is 2.40. The van der Waals surface area contributed by atoms with Gasteiger partial charge in [-0.1, -0.05) is 29.8 Å². The molecule has 0 saturated carbocycles. The molecule has 0 spiro atoms. The van der Waals surface area contributed by atoms with Crippen LogP contribution in [0.1, 0.15) is 10.4 Å². The van der Waals surface area contributed by atoms with Gasteiger partial charge in [-0.15, -0.1) is 0 Å². The second-order valence-corrected chi connectivity index (χ2v) is 5.75. The van der Waals surface area contributed by atoms with Crippen LogP contribution in [-0.2, 0) is 10.1 Å². The molecule has 2 aromatic rings. The van der Waals surface area contributed by atoms with Crippen molar-refractivity contribution in [3.05, 3.63) is 59.1 Å². The highest BCUT2D eigenvalue weighted by atomic mass is 35.5. The molecule has 1 N–H and O–H groups in total. The minimum atomic E-state index is -4.11. The Bertz CT molecular complexity index is 741.